The topological polar surface area (TPSA) is 82.6 Å². The van der Waals surface area contributed by atoms with Gasteiger partial charge in [-0.1, -0.05) is 18.2 Å². The number of methoxy groups -OCH3 is 1. The minimum atomic E-state index is -0.906. The number of likely N-dealkylation sites (tertiary alicyclic amines) is 1. The summed E-state index contributed by atoms with van der Waals surface area (Å²) in [6.45, 7) is 0.419. The first-order valence-electron chi connectivity index (χ1n) is 7.22. The minimum absolute atomic E-state index is 0.0637. The molecule has 1 aromatic carbocycles. The number of hydrogen-bond acceptors (Lipinski definition) is 3. The summed E-state index contributed by atoms with van der Waals surface area (Å²) in [4.78, 5) is 28.4. The van der Waals surface area contributed by atoms with Crippen LogP contribution in [-0.2, 0) is 9.53 Å². The molecule has 3 rings (SSSR count). The Labute approximate surface area is 127 Å². The molecule has 1 saturated heterocycles. The molecular formula is C16H18N2O4. The fraction of sp³-hybridized carbons (Fsp3) is 0.375. The van der Waals surface area contributed by atoms with E-state index in [4.69, 9.17) is 9.84 Å². The number of fused-ring (bicyclic) bond motifs is 1. The second kappa shape index (κ2) is 5.81. The average molecular weight is 302 g/mol. The lowest BCUT2D eigenvalue weighted by molar-refractivity contribution is -0.137. The maximum atomic E-state index is 12.7. The number of aromatic nitrogens is 1. The van der Waals surface area contributed by atoms with Crippen molar-refractivity contribution in [2.45, 2.75) is 25.0 Å². The molecule has 2 aromatic rings. The van der Waals surface area contributed by atoms with E-state index in [9.17, 15) is 9.59 Å². The second-order valence-corrected chi connectivity index (χ2v) is 5.57. The number of nitrogens with one attached hydrogen (secondary N) is 1. The summed E-state index contributed by atoms with van der Waals surface area (Å²) in [6.07, 6.45) is 0.373. The van der Waals surface area contributed by atoms with E-state index < -0.39 is 5.97 Å². The molecule has 0 saturated carbocycles. The van der Waals surface area contributed by atoms with Crippen molar-refractivity contribution in [1.29, 1.82) is 0 Å². The first-order chi connectivity index (χ1) is 10.6. The molecular weight excluding hydrogens is 284 g/mol. The van der Waals surface area contributed by atoms with Crippen molar-refractivity contribution in [2.75, 3.05) is 13.7 Å². The summed E-state index contributed by atoms with van der Waals surface area (Å²) < 4.78 is 5.30. The van der Waals surface area contributed by atoms with Crippen molar-refractivity contribution in [3.05, 3.63) is 36.0 Å². The number of hydrogen-bond donors (Lipinski definition) is 2. The average Bonchev–Trinajstić information content (AvgIpc) is 3.09. The van der Waals surface area contributed by atoms with E-state index in [1.54, 1.807) is 18.1 Å². The van der Waals surface area contributed by atoms with Crippen molar-refractivity contribution in [1.82, 2.24) is 9.88 Å². The highest BCUT2D eigenvalue weighted by Gasteiger charge is 2.37. The normalized spacial score (nSPS) is 21.4. The first-order valence-corrected chi connectivity index (χ1v) is 7.22. The van der Waals surface area contributed by atoms with Crippen LogP contribution in [0, 0.1) is 0 Å². The van der Waals surface area contributed by atoms with Crippen LogP contribution >= 0.6 is 0 Å². The van der Waals surface area contributed by atoms with Crippen molar-refractivity contribution in [2.24, 2.45) is 0 Å². The fourth-order valence-electron chi connectivity index (χ4n) is 3.03. The number of carboxylic acids is 1. The Hall–Kier alpha value is -2.34. The van der Waals surface area contributed by atoms with Gasteiger partial charge in [-0.15, -0.1) is 0 Å². The third-order valence-electron chi connectivity index (χ3n) is 4.14. The highest BCUT2D eigenvalue weighted by molar-refractivity contribution is 5.98. The molecule has 116 valence electrons. The Morgan fingerprint density at radius 3 is 2.86 bits per heavy atom. The minimum Gasteiger partial charge on any atom is -0.481 e. The smallest absolute Gasteiger partial charge is 0.305 e. The van der Waals surface area contributed by atoms with Crippen molar-refractivity contribution in [3.63, 3.8) is 0 Å². The van der Waals surface area contributed by atoms with Crippen LogP contribution < -0.4 is 0 Å². The van der Waals surface area contributed by atoms with Gasteiger partial charge in [0.25, 0.3) is 5.91 Å². The lowest BCUT2D eigenvalue weighted by atomic mass is 10.1. The Kier molecular flexibility index (Phi) is 3.85. The molecule has 0 radical (unpaired) electrons. The lowest BCUT2D eigenvalue weighted by Gasteiger charge is -2.22. The molecule has 22 heavy (non-hydrogen) atoms. The second-order valence-electron chi connectivity index (χ2n) is 5.57. The zero-order chi connectivity index (χ0) is 15.7. The third kappa shape index (κ3) is 2.69. The molecule has 0 bridgehead atoms. The number of rotatable bonds is 4. The lowest BCUT2D eigenvalue weighted by Crippen LogP contribution is -2.37. The molecule has 2 N–H and O–H groups in total. The Morgan fingerprint density at radius 2 is 2.18 bits per heavy atom. The van der Waals surface area contributed by atoms with E-state index >= 15 is 0 Å². The number of aromatic amines is 1. The Morgan fingerprint density at radius 1 is 1.41 bits per heavy atom. The van der Waals surface area contributed by atoms with Crippen LogP contribution in [0.5, 0.6) is 0 Å². The van der Waals surface area contributed by atoms with Crippen LogP contribution in [0.3, 0.4) is 0 Å². The van der Waals surface area contributed by atoms with Crippen LogP contribution in [0.25, 0.3) is 10.9 Å². The third-order valence-corrected chi connectivity index (χ3v) is 4.14. The number of nitrogens with zero attached hydrogens (tertiary/aromatic N) is 1. The van der Waals surface area contributed by atoms with Gasteiger partial charge in [-0.3, -0.25) is 9.59 Å². The molecule has 2 heterocycles. The quantitative estimate of drug-likeness (QED) is 0.903. The Balaban J connectivity index is 1.86. The molecule has 2 unspecified atom stereocenters. The summed E-state index contributed by atoms with van der Waals surface area (Å²) in [5.74, 6) is -1.09. The molecule has 0 spiro atoms. The van der Waals surface area contributed by atoms with Gasteiger partial charge in [0, 0.05) is 30.6 Å². The molecule has 1 aromatic heterocycles. The standard InChI is InChI=1S/C16H18N2O4/c1-22-12-7-11(8-15(19)20)18(9-12)16(21)14-6-10-4-2-3-5-13(10)17-14/h2-6,11-12,17H,7-9H2,1H3,(H,19,20). The van der Waals surface area contributed by atoms with Gasteiger partial charge in [-0.2, -0.15) is 0 Å². The van der Waals surface area contributed by atoms with Gasteiger partial charge in [0.2, 0.25) is 0 Å². The largest absolute Gasteiger partial charge is 0.481 e. The number of H-pyrrole nitrogens is 1. The summed E-state index contributed by atoms with van der Waals surface area (Å²) in [7, 11) is 1.58. The van der Waals surface area contributed by atoms with E-state index in [2.05, 4.69) is 4.98 Å². The summed E-state index contributed by atoms with van der Waals surface area (Å²) in [6, 6.07) is 9.12. The van der Waals surface area contributed by atoms with Gasteiger partial charge >= 0.3 is 5.97 Å². The maximum Gasteiger partial charge on any atom is 0.305 e. The molecule has 0 aliphatic carbocycles. The molecule has 1 aliphatic rings. The van der Waals surface area contributed by atoms with Gasteiger partial charge in [0.05, 0.1) is 12.5 Å². The van der Waals surface area contributed by atoms with Gasteiger partial charge in [0.15, 0.2) is 0 Å². The van der Waals surface area contributed by atoms with Crippen LogP contribution in [0.2, 0.25) is 0 Å². The number of ether oxygens (including phenoxy) is 1. The number of carboxylic acid groups (broad SMARTS) is 1. The molecule has 2 atom stereocenters. The van der Waals surface area contributed by atoms with E-state index in [-0.39, 0.29) is 24.5 Å². The number of carbonyl (C=O) groups excluding carboxylic acids is 1. The van der Waals surface area contributed by atoms with E-state index in [0.717, 1.165) is 10.9 Å². The number of para-hydroxylation sites is 1. The molecule has 6 heteroatoms. The highest BCUT2D eigenvalue weighted by atomic mass is 16.5. The van der Waals surface area contributed by atoms with Crippen LogP contribution in [0.1, 0.15) is 23.3 Å². The van der Waals surface area contributed by atoms with Gasteiger partial charge in [-0.25, -0.2) is 0 Å². The van der Waals surface area contributed by atoms with Crippen LogP contribution in [-0.4, -0.2) is 52.7 Å². The number of aliphatic carboxylic acids is 1. The first kappa shape index (κ1) is 14.6. The molecule has 1 fully saturated rings. The van der Waals surface area contributed by atoms with E-state index in [0.29, 0.717) is 18.7 Å². The van der Waals surface area contributed by atoms with E-state index in [1.165, 1.54) is 0 Å². The predicted octanol–water partition coefficient (Wildman–Crippen LogP) is 1.87. The van der Waals surface area contributed by atoms with Gasteiger partial charge < -0.3 is 19.7 Å². The molecule has 6 nitrogen and oxygen atoms in total. The predicted molar refractivity (Wildman–Crippen MR) is 80.8 cm³/mol. The van der Waals surface area contributed by atoms with Crippen LogP contribution in [0.4, 0.5) is 0 Å². The maximum absolute atomic E-state index is 12.7. The van der Waals surface area contributed by atoms with Crippen molar-refractivity contribution < 1.29 is 19.4 Å². The zero-order valence-corrected chi connectivity index (χ0v) is 12.3. The number of benzene rings is 1. The highest BCUT2D eigenvalue weighted by Crippen LogP contribution is 2.25. The molecule has 1 amide bonds. The summed E-state index contributed by atoms with van der Waals surface area (Å²) in [5.41, 5.74) is 1.37. The van der Waals surface area contributed by atoms with Gasteiger partial charge in [0.1, 0.15) is 5.69 Å². The Bertz CT molecular complexity index is 676. The summed E-state index contributed by atoms with van der Waals surface area (Å²) >= 11 is 0. The van der Waals surface area contributed by atoms with Gasteiger partial charge in [-0.05, 0) is 18.6 Å². The van der Waals surface area contributed by atoms with Crippen molar-refractivity contribution in [3.8, 4) is 0 Å². The SMILES string of the molecule is COC1CC(CC(=O)O)N(C(=O)c2cc3ccccc3[nH]2)C1. The fourth-order valence-corrected chi connectivity index (χ4v) is 3.03. The summed E-state index contributed by atoms with van der Waals surface area (Å²) in [5, 5.41) is 9.99. The number of amides is 1. The number of carbonyl (C=O) groups is 2. The van der Waals surface area contributed by atoms with Crippen molar-refractivity contribution >= 4 is 22.8 Å². The van der Waals surface area contributed by atoms with Crippen LogP contribution in [0.15, 0.2) is 30.3 Å². The zero-order valence-electron chi connectivity index (χ0n) is 12.3. The molecule has 1 aliphatic heterocycles. The monoisotopic (exact) mass is 302 g/mol. The van der Waals surface area contributed by atoms with E-state index in [1.807, 2.05) is 24.3 Å².